The highest BCUT2D eigenvalue weighted by Gasteiger charge is 2.19. The van der Waals surface area contributed by atoms with E-state index in [1.807, 2.05) is 18.5 Å². The Labute approximate surface area is 167 Å². The maximum absolute atomic E-state index is 12.4. The molecule has 1 aromatic heterocycles. The summed E-state index contributed by atoms with van der Waals surface area (Å²) in [7, 11) is 1.84. The summed E-state index contributed by atoms with van der Waals surface area (Å²) in [6.07, 6.45) is 1.11. The summed E-state index contributed by atoms with van der Waals surface area (Å²) in [4.78, 5) is 25.2. The lowest BCUT2D eigenvalue weighted by molar-refractivity contribution is -0.116. The Bertz CT molecular complexity index is 783. The van der Waals surface area contributed by atoms with Crippen molar-refractivity contribution in [2.75, 3.05) is 37.4 Å². The van der Waals surface area contributed by atoms with Crippen LogP contribution in [0.5, 0.6) is 11.5 Å². The standard InChI is InChI=1S/C18H21N3O4S.ClH/c1-19-6-2-5-17(22)20-12-10-14-15(25-8-7-24-14)11-13(12)21-18(23)16-4-3-9-26-16;/h3-4,9-11,19H,2,5-8H2,1H3,(H,20,22)(H,21,23);1H. The number of carbonyl (C=O) groups is 2. The first-order valence-corrected chi connectivity index (χ1v) is 9.28. The average Bonchev–Trinajstić information content (AvgIpc) is 3.17. The number of amides is 2. The van der Waals surface area contributed by atoms with Crippen LogP contribution in [0.15, 0.2) is 29.6 Å². The highest BCUT2D eigenvalue weighted by Crippen LogP contribution is 2.38. The van der Waals surface area contributed by atoms with E-state index in [0.29, 0.717) is 47.4 Å². The van der Waals surface area contributed by atoms with Gasteiger partial charge in [0.15, 0.2) is 11.5 Å². The molecule has 9 heteroatoms. The molecule has 0 saturated carbocycles. The number of anilines is 2. The molecule has 1 aromatic carbocycles. The average molecular weight is 412 g/mol. The Balaban J connectivity index is 0.00000261. The Kier molecular flexibility index (Phi) is 7.90. The molecule has 0 bridgehead atoms. The number of thiophene rings is 1. The van der Waals surface area contributed by atoms with Crippen molar-refractivity contribution in [3.05, 3.63) is 34.5 Å². The summed E-state index contributed by atoms with van der Waals surface area (Å²) in [5.74, 6) is 0.743. The SMILES string of the molecule is CNCCCC(=O)Nc1cc2c(cc1NC(=O)c1cccs1)OCCO2.Cl. The zero-order valence-corrected chi connectivity index (χ0v) is 16.5. The summed E-state index contributed by atoms with van der Waals surface area (Å²) in [5, 5.41) is 10.5. The number of hydrogen-bond acceptors (Lipinski definition) is 6. The monoisotopic (exact) mass is 411 g/mol. The first kappa shape index (κ1) is 21.0. The number of ether oxygens (including phenoxy) is 2. The lowest BCUT2D eigenvalue weighted by atomic mass is 10.2. The van der Waals surface area contributed by atoms with Crippen molar-refractivity contribution in [1.29, 1.82) is 0 Å². The summed E-state index contributed by atoms with van der Waals surface area (Å²) in [6, 6.07) is 6.93. The maximum atomic E-state index is 12.4. The predicted molar refractivity (Wildman–Crippen MR) is 109 cm³/mol. The number of hydrogen-bond donors (Lipinski definition) is 3. The van der Waals surface area contributed by atoms with Gasteiger partial charge in [-0.1, -0.05) is 6.07 Å². The van der Waals surface area contributed by atoms with Crippen LogP contribution in [0.2, 0.25) is 0 Å². The van der Waals surface area contributed by atoms with Crippen LogP contribution in [0, 0.1) is 0 Å². The molecule has 0 radical (unpaired) electrons. The summed E-state index contributed by atoms with van der Waals surface area (Å²) < 4.78 is 11.2. The smallest absolute Gasteiger partial charge is 0.265 e. The molecule has 0 saturated heterocycles. The van der Waals surface area contributed by atoms with Crippen molar-refractivity contribution in [3.8, 4) is 11.5 Å². The second kappa shape index (κ2) is 10.1. The molecule has 1 aliphatic heterocycles. The minimum Gasteiger partial charge on any atom is -0.486 e. The van der Waals surface area contributed by atoms with Crippen LogP contribution in [-0.2, 0) is 4.79 Å². The lowest BCUT2D eigenvalue weighted by Crippen LogP contribution is -2.20. The fourth-order valence-electron chi connectivity index (χ4n) is 2.53. The number of carbonyl (C=O) groups excluding carboxylic acids is 2. The number of rotatable bonds is 7. The molecule has 27 heavy (non-hydrogen) atoms. The van der Waals surface area contributed by atoms with Crippen LogP contribution in [0.3, 0.4) is 0 Å². The van der Waals surface area contributed by atoms with Gasteiger partial charge in [0.1, 0.15) is 13.2 Å². The number of benzene rings is 1. The van der Waals surface area contributed by atoms with Gasteiger partial charge in [0, 0.05) is 18.6 Å². The fraction of sp³-hybridized carbons (Fsp3) is 0.333. The van der Waals surface area contributed by atoms with Crippen molar-refractivity contribution >= 4 is 46.9 Å². The third-order valence-corrected chi connectivity index (χ3v) is 4.65. The normalized spacial score (nSPS) is 12.0. The topological polar surface area (TPSA) is 88.7 Å². The molecule has 3 rings (SSSR count). The quantitative estimate of drug-likeness (QED) is 0.609. The van der Waals surface area contributed by atoms with Gasteiger partial charge >= 0.3 is 0 Å². The van der Waals surface area contributed by atoms with E-state index in [2.05, 4.69) is 16.0 Å². The molecule has 2 amide bonds. The molecule has 2 aromatic rings. The summed E-state index contributed by atoms with van der Waals surface area (Å²) in [5.41, 5.74) is 0.975. The molecule has 0 fully saturated rings. The predicted octanol–water partition coefficient (Wildman–Crippen LogP) is 3.13. The van der Waals surface area contributed by atoms with E-state index in [1.54, 1.807) is 18.2 Å². The van der Waals surface area contributed by atoms with E-state index in [1.165, 1.54) is 11.3 Å². The minimum atomic E-state index is -0.234. The molecule has 1 aliphatic rings. The van der Waals surface area contributed by atoms with Gasteiger partial charge in [-0.2, -0.15) is 0 Å². The van der Waals surface area contributed by atoms with E-state index < -0.39 is 0 Å². The Morgan fingerprint density at radius 2 is 1.78 bits per heavy atom. The van der Waals surface area contributed by atoms with E-state index in [4.69, 9.17) is 9.47 Å². The number of nitrogens with one attached hydrogen (secondary N) is 3. The highest BCUT2D eigenvalue weighted by atomic mass is 35.5. The second-order valence-corrected chi connectivity index (χ2v) is 6.68. The van der Waals surface area contributed by atoms with E-state index in [0.717, 1.165) is 13.0 Å². The van der Waals surface area contributed by atoms with Crippen molar-refractivity contribution in [3.63, 3.8) is 0 Å². The largest absolute Gasteiger partial charge is 0.486 e. The van der Waals surface area contributed by atoms with E-state index in [-0.39, 0.29) is 24.2 Å². The molecular weight excluding hydrogens is 390 g/mol. The van der Waals surface area contributed by atoms with Crippen molar-refractivity contribution in [2.45, 2.75) is 12.8 Å². The molecule has 2 heterocycles. The first-order chi connectivity index (χ1) is 12.7. The van der Waals surface area contributed by atoms with Gasteiger partial charge in [0.05, 0.1) is 16.3 Å². The molecule has 146 valence electrons. The van der Waals surface area contributed by atoms with Crippen LogP contribution < -0.4 is 25.4 Å². The molecular formula is C18H22ClN3O4S. The zero-order valence-electron chi connectivity index (χ0n) is 14.9. The highest BCUT2D eigenvalue weighted by molar-refractivity contribution is 7.12. The van der Waals surface area contributed by atoms with Crippen LogP contribution in [-0.4, -0.2) is 38.6 Å². The third kappa shape index (κ3) is 5.59. The second-order valence-electron chi connectivity index (χ2n) is 5.73. The molecule has 0 spiro atoms. The zero-order chi connectivity index (χ0) is 18.4. The van der Waals surface area contributed by atoms with Gasteiger partial charge < -0.3 is 25.4 Å². The van der Waals surface area contributed by atoms with Crippen LogP contribution in [0.25, 0.3) is 0 Å². The van der Waals surface area contributed by atoms with E-state index >= 15 is 0 Å². The summed E-state index contributed by atoms with van der Waals surface area (Å²) >= 11 is 1.35. The van der Waals surface area contributed by atoms with E-state index in [9.17, 15) is 9.59 Å². The van der Waals surface area contributed by atoms with Crippen molar-refractivity contribution in [2.24, 2.45) is 0 Å². The molecule has 7 nitrogen and oxygen atoms in total. The number of fused-ring (bicyclic) bond motifs is 1. The molecule has 0 aliphatic carbocycles. The van der Waals surface area contributed by atoms with Gasteiger partial charge in [-0.25, -0.2) is 0 Å². The molecule has 3 N–H and O–H groups in total. The van der Waals surface area contributed by atoms with Crippen LogP contribution in [0.4, 0.5) is 11.4 Å². The summed E-state index contributed by atoms with van der Waals surface area (Å²) in [6.45, 7) is 1.65. The van der Waals surface area contributed by atoms with Crippen LogP contribution >= 0.6 is 23.7 Å². The first-order valence-electron chi connectivity index (χ1n) is 8.40. The van der Waals surface area contributed by atoms with Crippen molar-refractivity contribution < 1.29 is 19.1 Å². The fourth-order valence-corrected chi connectivity index (χ4v) is 3.14. The van der Waals surface area contributed by atoms with Gasteiger partial charge in [-0.3, -0.25) is 9.59 Å². The van der Waals surface area contributed by atoms with Gasteiger partial charge in [0.25, 0.3) is 5.91 Å². The maximum Gasteiger partial charge on any atom is 0.265 e. The Hall–Kier alpha value is -2.29. The molecule has 0 unspecified atom stereocenters. The van der Waals surface area contributed by atoms with Crippen LogP contribution in [0.1, 0.15) is 22.5 Å². The number of halogens is 1. The van der Waals surface area contributed by atoms with Gasteiger partial charge in [-0.05, 0) is 31.5 Å². The van der Waals surface area contributed by atoms with Crippen molar-refractivity contribution in [1.82, 2.24) is 5.32 Å². The molecule has 0 atom stereocenters. The lowest BCUT2D eigenvalue weighted by Gasteiger charge is -2.21. The Morgan fingerprint density at radius 3 is 2.37 bits per heavy atom. The van der Waals surface area contributed by atoms with Gasteiger partial charge in [0.2, 0.25) is 5.91 Å². The minimum absolute atomic E-state index is 0. The van der Waals surface area contributed by atoms with Gasteiger partial charge in [-0.15, -0.1) is 23.7 Å². The Morgan fingerprint density at radius 1 is 1.11 bits per heavy atom. The third-order valence-electron chi connectivity index (χ3n) is 3.78.